The van der Waals surface area contributed by atoms with Gasteiger partial charge in [-0.1, -0.05) is 18.2 Å². The Morgan fingerprint density at radius 2 is 2.00 bits per heavy atom. The lowest BCUT2D eigenvalue weighted by atomic mass is 10.1. The van der Waals surface area contributed by atoms with Crippen molar-refractivity contribution in [2.24, 2.45) is 4.99 Å². The number of nitro groups is 1. The normalized spacial score (nSPS) is 16.2. The van der Waals surface area contributed by atoms with Crippen LogP contribution in [0.2, 0.25) is 0 Å². The number of para-hydroxylation sites is 1. The molecule has 150 valence electrons. The van der Waals surface area contributed by atoms with Crippen LogP contribution in [-0.2, 0) is 4.79 Å². The molecule has 1 saturated heterocycles. The minimum atomic E-state index is -0.473. The summed E-state index contributed by atoms with van der Waals surface area (Å²) in [7, 11) is 0. The van der Waals surface area contributed by atoms with Crippen molar-refractivity contribution in [2.45, 2.75) is 6.92 Å². The molecule has 0 spiro atoms. The third-order valence-electron chi connectivity index (χ3n) is 4.27. The van der Waals surface area contributed by atoms with Crippen LogP contribution in [0.4, 0.5) is 11.4 Å². The number of thioether (sulfide) groups is 1. The Labute approximate surface area is 175 Å². The maximum Gasteiger partial charge on any atom is 0.280 e. The lowest BCUT2D eigenvalue weighted by Crippen LogP contribution is -2.19. The number of phenolic OH excluding ortho intramolecular Hbond substituents is 1. The third kappa shape index (κ3) is 3.96. The van der Waals surface area contributed by atoms with Crippen molar-refractivity contribution in [1.29, 1.82) is 0 Å². The number of aromatic hydroxyl groups is 1. The van der Waals surface area contributed by atoms with E-state index >= 15 is 0 Å². The summed E-state index contributed by atoms with van der Waals surface area (Å²) in [6, 6.07) is 14.5. The minimum absolute atomic E-state index is 0.0144. The molecule has 2 N–H and O–H groups in total. The monoisotopic (exact) mass is 421 g/mol. The number of benzene rings is 2. The fourth-order valence-electron chi connectivity index (χ4n) is 2.86. The lowest BCUT2D eigenvalue weighted by Gasteiger charge is -2.01. The number of hydrogen-bond donors (Lipinski definition) is 2. The number of aliphatic imine (C=N–C) groups is 1. The van der Waals surface area contributed by atoms with E-state index in [9.17, 15) is 20.0 Å². The van der Waals surface area contributed by atoms with E-state index in [-0.39, 0.29) is 17.3 Å². The van der Waals surface area contributed by atoms with Crippen LogP contribution in [0, 0.1) is 17.0 Å². The number of rotatable bonds is 4. The van der Waals surface area contributed by atoms with Crippen LogP contribution in [0.25, 0.3) is 17.4 Å². The third-order valence-corrected chi connectivity index (χ3v) is 5.18. The van der Waals surface area contributed by atoms with Gasteiger partial charge in [0, 0.05) is 12.1 Å². The molecule has 1 aliphatic rings. The van der Waals surface area contributed by atoms with Crippen molar-refractivity contribution >= 4 is 40.3 Å². The van der Waals surface area contributed by atoms with Gasteiger partial charge in [-0.3, -0.25) is 14.9 Å². The molecule has 9 heteroatoms. The first kappa shape index (κ1) is 19.5. The number of nitrogens with zero attached hydrogens (tertiary/aromatic N) is 2. The minimum Gasteiger partial charge on any atom is -0.506 e. The van der Waals surface area contributed by atoms with Crippen LogP contribution >= 0.6 is 11.8 Å². The van der Waals surface area contributed by atoms with Gasteiger partial charge in [0.1, 0.15) is 23.0 Å². The van der Waals surface area contributed by atoms with Crippen LogP contribution in [0.5, 0.6) is 5.75 Å². The van der Waals surface area contributed by atoms with Gasteiger partial charge in [-0.15, -0.1) is 0 Å². The number of hydrogen-bond acceptors (Lipinski definition) is 7. The summed E-state index contributed by atoms with van der Waals surface area (Å²) < 4.78 is 5.71. The summed E-state index contributed by atoms with van der Waals surface area (Å²) >= 11 is 1.11. The molecule has 0 saturated carbocycles. The van der Waals surface area contributed by atoms with Crippen LogP contribution in [-0.4, -0.2) is 21.1 Å². The number of phenols is 1. The maximum absolute atomic E-state index is 12.3. The smallest absolute Gasteiger partial charge is 0.280 e. The lowest BCUT2D eigenvalue weighted by molar-refractivity contribution is -0.384. The molecule has 8 nitrogen and oxygen atoms in total. The van der Waals surface area contributed by atoms with Crippen molar-refractivity contribution in [2.75, 3.05) is 0 Å². The SMILES string of the molecule is Cc1ccc(O)c(N=C2NC(=O)/C(=C\c3ccc(-c4ccccc4[N+](=O)[O-])o3)S2)c1. The second-order valence-electron chi connectivity index (χ2n) is 6.45. The highest BCUT2D eigenvalue weighted by Crippen LogP contribution is 2.34. The molecule has 4 rings (SSSR count). The zero-order valence-corrected chi connectivity index (χ0v) is 16.5. The Bertz CT molecular complexity index is 1230. The predicted octanol–water partition coefficient (Wildman–Crippen LogP) is 4.76. The van der Waals surface area contributed by atoms with Crippen molar-refractivity contribution in [3.8, 4) is 17.1 Å². The molecular formula is C21H15N3O5S. The van der Waals surface area contributed by atoms with Gasteiger partial charge in [-0.2, -0.15) is 0 Å². The van der Waals surface area contributed by atoms with Gasteiger partial charge >= 0.3 is 0 Å². The Morgan fingerprint density at radius 1 is 1.20 bits per heavy atom. The van der Waals surface area contributed by atoms with Gasteiger partial charge in [0.05, 0.1) is 15.4 Å². The second kappa shape index (κ2) is 7.88. The fourth-order valence-corrected chi connectivity index (χ4v) is 3.67. The topological polar surface area (TPSA) is 118 Å². The van der Waals surface area contributed by atoms with Crippen LogP contribution in [0.3, 0.4) is 0 Å². The summed E-state index contributed by atoms with van der Waals surface area (Å²) in [5.41, 5.74) is 1.57. The summed E-state index contributed by atoms with van der Waals surface area (Å²) in [5.74, 6) is 0.367. The molecule has 1 aliphatic heterocycles. The molecule has 0 aliphatic carbocycles. The summed E-state index contributed by atoms with van der Waals surface area (Å²) in [4.78, 5) is 27.7. The van der Waals surface area contributed by atoms with E-state index in [0.717, 1.165) is 17.3 Å². The van der Waals surface area contributed by atoms with Gasteiger partial charge in [0.15, 0.2) is 5.17 Å². The van der Waals surface area contributed by atoms with Crippen molar-refractivity contribution < 1.29 is 19.2 Å². The highest BCUT2D eigenvalue weighted by atomic mass is 32.2. The molecule has 0 unspecified atom stereocenters. The van der Waals surface area contributed by atoms with Crippen LogP contribution in [0.15, 0.2) is 68.9 Å². The van der Waals surface area contributed by atoms with Crippen molar-refractivity contribution in [3.63, 3.8) is 0 Å². The van der Waals surface area contributed by atoms with Crippen LogP contribution in [0.1, 0.15) is 11.3 Å². The molecule has 0 atom stereocenters. The summed E-state index contributed by atoms with van der Waals surface area (Å²) in [6.45, 7) is 1.88. The van der Waals surface area contributed by atoms with Crippen molar-refractivity contribution in [1.82, 2.24) is 5.32 Å². The quantitative estimate of drug-likeness (QED) is 0.356. The first-order chi connectivity index (χ1) is 14.4. The number of amidine groups is 1. The average molecular weight is 421 g/mol. The Kier molecular flexibility index (Phi) is 5.11. The summed E-state index contributed by atoms with van der Waals surface area (Å²) in [5, 5.41) is 24.1. The average Bonchev–Trinajstić information content (AvgIpc) is 3.31. The zero-order valence-electron chi connectivity index (χ0n) is 15.7. The summed E-state index contributed by atoms with van der Waals surface area (Å²) in [6.07, 6.45) is 1.54. The van der Waals surface area contributed by atoms with E-state index in [1.165, 1.54) is 12.1 Å². The van der Waals surface area contributed by atoms with E-state index in [2.05, 4.69) is 10.3 Å². The molecule has 30 heavy (non-hydrogen) atoms. The highest BCUT2D eigenvalue weighted by molar-refractivity contribution is 8.18. The molecule has 0 bridgehead atoms. The Hall–Kier alpha value is -3.85. The number of aryl methyl sites for hydroxylation is 1. The largest absolute Gasteiger partial charge is 0.506 e. The number of amides is 1. The standard InChI is InChI=1S/C21H15N3O5S/c1-12-6-8-17(25)15(10-12)22-21-23-20(26)19(30-21)11-13-7-9-18(29-13)14-4-2-3-5-16(14)24(27)28/h2-11,25H,1H3,(H,22,23,26)/b19-11+. The van der Waals surface area contributed by atoms with Gasteiger partial charge in [0.25, 0.3) is 11.6 Å². The van der Waals surface area contributed by atoms with Gasteiger partial charge in [-0.25, -0.2) is 4.99 Å². The molecule has 1 amide bonds. The van der Waals surface area contributed by atoms with Crippen LogP contribution < -0.4 is 5.32 Å². The predicted molar refractivity (Wildman–Crippen MR) is 114 cm³/mol. The van der Waals surface area contributed by atoms with Gasteiger partial charge in [0.2, 0.25) is 0 Å². The van der Waals surface area contributed by atoms with E-state index in [4.69, 9.17) is 4.42 Å². The number of furan rings is 1. The number of carbonyl (C=O) groups is 1. The van der Waals surface area contributed by atoms with E-state index in [1.54, 1.807) is 48.5 Å². The van der Waals surface area contributed by atoms with Crippen molar-refractivity contribution in [3.05, 3.63) is 80.9 Å². The zero-order chi connectivity index (χ0) is 21.3. The first-order valence-electron chi connectivity index (χ1n) is 8.83. The highest BCUT2D eigenvalue weighted by Gasteiger charge is 2.25. The maximum atomic E-state index is 12.3. The molecule has 3 aromatic rings. The van der Waals surface area contributed by atoms with E-state index in [1.807, 2.05) is 6.92 Å². The number of nitrogens with one attached hydrogen (secondary N) is 1. The second-order valence-corrected chi connectivity index (χ2v) is 7.48. The molecule has 2 aromatic carbocycles. The molecular weight excluding hydrogens is 406 g/mol. The van der Waals surface area contributed by atoms with E-state index < -0.39 is 4.92 Å². The first-order valence-corrected chi connectivity index (χ1v) is 9.65. The molecule has 2 heterocycles. The Morgan fingerprint density at radius 3 is 2.80 bits per heavy atom. The van der Waals surface area contributed by atoms with Gasteiger partial charge < -0.3 is 14.8 Å². The number of carbonyl (C=O) groups excluding carboxylic acids is 1. The Balaban J connectivity index is 1.60. The molecule has 1 aromatic heterocycles. The molecule has 0 radical (unpaired) electrons. The van der Waals surface area contributed by atoms with E-state index in [0.29, 0.717) is 32.8 Å². The molecule has 1 fully saturated rings. The fraction of sp³-hybridized carbons (Fsp3) is 0.0476. The van der Waals surface area contributed by atoms with Gasteiger partial charge in [-0.05, 0) is 54.6 Å². The number of nitro benzene ring substituents is 1.